The fraction of sp³-hybridized carbons (Fsp3) is 0.154. The van der Waals surface area contributed by atoms with Crippen LogP contribution in [-0.4, -0.2) is 4.99 Å². The number of thiocarbonyl (C=S) groups is 1. The van der Waals surface area contributed by atoms with Gasteiger partial charge in [0.25, 0.3) is 0 Å². The molecule has 18 heavy (non-hydrogen) atoms. The number of rotatable bonds is 4. The molecule has 3 N–H and O–H groups in total. The minimum absolute atomic E-state index is 0.0569. The van der Waals surface area contributed by atoms with Gasteiger partial charge >= 0.3 is 0 Å². The molecule has 5 heteroatoms. The lowest BCUT2D eigenvalue weighted by Crippen LogP contribution is -2.11. The number of benzene rings is 1. The monoisotopic (exact) mass is 280 g/mol. The summed E-state index contributed by atoms with van der Waals surface area (Å²) >= 11 is 6.43. The number of anilines is 1. The number of hydrogen-bond donors (Lipinski definition) is 2. The molecule has 0 saturated carbocycles. The van der Waals surface area contributed by atoms with Gasteiger partial charge in [-0.1, -0.05) is 12.2 Å². The zero-order valence-corrected chi connectivity index (χ0v) is 11.4. The maximum absolute atomic E-state index is 13.8. The van der Waals surface area contributed by atoms with Crippen molar-refractivity contribution in [3.63, 3.8) is 0 Å². The lowest BCUT2D eigenvalue weighted by atomic mass is 10.1. The minimum Gasteiger partial charge on any atom is -0.389 e. The van der Waals surface area contributed by atoms with Crippen molar-refractivity contribution >= 4 is 34.2 Å². The first-order valence-electron chi connectivity index (χ1n) is 5.46. The van der Waals surface area contributed by atoms with Crippen LogP contribution in [0.1, 0.15) is 24.1 Å². The quantitative estimate of drug-likeness (QED) is 0.839. The van der Waals surface area contributed by atoms with Crippen molar-refractivity contribution in [3.8, 4) is 0 Å². The van der Waals surface area contributed by atoms with Gasteiger partial charge in [0.1, 0.15) is 10.8 Å². The molecule has 1 aromatic heterocycles. The van der Waals surface area contributed by atoms with Crippen molar-refractivity contribution in [1.82, 2.24) is 0 Å². The summed E-state index contributed by atoms with van der Waals surface area (Å²) in [4.78, 5) is 0.200. The predicted octanol–water partition coefficient (Wildman–Crippen LogP) is 3.69. The van der Waals surface area contributed by atoms with Crippen LogP contribution in [0.5, 0.6) is 0 Å². The zero-order valence-electron chi connectivity index (χ0n) is 9.81. The number of hydrogen-bond acceptors (Lipinski definition) is 3. The Kier molecular flexibility index (Phi) is 3.93. The molecule has 0 bridgehead atoms. The van der Waals surface area contributed by atoms with Crippen LogP contribution in [-0.2, 0) is 0 Å². The van der Waals surface area contributed by atoms with E-state index in [2.05, 4.69) is 5.32 Å². The molecule has 0 radical (unpaired) electrons. The van der Waals surface area contributed by atoms with E-state index < -0.39 is 0 Å². The summed E-state index contributed by atoms with van der Waals surface area (Å²) in [5.41, 5.74) is 7.58. The lowest BCUT2D eigenvalue weighted by molar-refractivity contribution is 0.627. The van der Waals surface area contributed by atoms with Gasteiger partial charge in [0.05, 0.1) is 5.69 Å². The molecule has 0 aliphatic carbocycles. The summed E-state index contributed by atoms with van der Waals surface area (Å²) in [6.07, 6.45) is 0. The Hall–Kier alpha value is -1.46. The second kappa shape index (κ2) is 5.46. The largest absolute Gasteiger partial charge is 0.389 e. The molecule has 1 aromatic carbocycles. The first kappa shape index (κ1) is 13.0. The lowest BCUT2D eigenvalue weighted by Gasteiger charge is -2.15. The molecule has 2 rings (SSSR count). The molecule has 94 valence electrons. The first-order valence-corrected chi connectivity index (χ1v) is 6.81. The number of halogens is 1. The Morgan fingerprint density at radius 3 is 2.78 bits per heavy atom. The van der Waals surface area contributed by atoms with Gasteiger partial charge in [0.15, 0.2) is 0 Å². The minimum atomic E-state index is -0.345. The van der Waals surface area contributed by atoms with E-state index >= 15 is 0 Å². The summed E-state index contributed by atoms with van der Waals surface area (Å²) in [5.74, 6) is -0.345. The van der Waals surface area contributed by atoms with E-state index in [0.717, 1.165) is 5.56 Å². The van der Waals surface area contributed by atoms with Crippen molar-refractivity contribution in [1.29, 1.82) is 0 Å². The number of thiophene rings is 1. The van der Waals surface area contributed by atoms with Crippen LogP contribution in [0.15, 0.2) is 35.0 Å². The third-order valence-electron chi connectivity index (χ3n) is 2.67. The number of nitrogens with two attached hydrogens (primary N) is 1. The van der Waals surface area contributed by atoms with Crippen molar-refractivity contribution in [2.45, 2.75) is 13.0 Å². The third kappa shape index (κ3) is 2.86. The summed E-state index contributed by atoms with van der Waals surface area (Å²) < 4.78 is 13.8. The normalized spacial score (nSPS) is 12.1. The molecule has 0 aliphatic rings. The van der Waals surface area contributed by atoms with E-state index in [1.165, 1.54) is 6.07 Å². The maximum atomic E-state index is 13.8. The van der Waals surface area contributed by atoms with Crippen molar-refractivity contribution in [3.05, 3.63) is 52.0 Å². The zero-order chi connectivity index (χ0) is 13.1. The molecule has 1 atom stereocenters. The Morgan fingerprint density at radius 2 is 2.22 bits per heavy atom. The van der Waals surface area contributed by atoms with Gasteiger partial charge in [0.2, 0.25) is 0 Å². The van der Waals surface area contributed by atoms with Crippen LogP contribution in [0, 0.1) is 5.82 Å². The van der Waals surface area contributed by atoms with Crippen LogP contribution in [0.3, 0.4) is 0 Å². The average molecular weight is 280 g/mol. The third-order valence-corrected chi connectivity index (χ3v) is 3.61. The molecule has 2 aromatic rings. The van der Waals surface area contributed by atoms with E-state index in [0.29, 0.717) is 11.3 Å². The highest BCUT2D eigenvalue weighted by atomic mass is 32.1. The average Bonchev–Trinajstić information content (AvgIpc) is 2.85. The fourth-order valence-corrected chi connectivity index (χ4v) is 2.50. The van der Waals surface area contributed by atoms with Crippen LogP contribution in [0.4, 0.5) is 10.1 Å². The molecule has 0 saturated heterocycles. The van der Waals surface area contributed by atoms with Gasteiger partial charge in [-0.15, -0.1) is 0 Å². The molecular weight excluding hydrogens is 267 g/mol. The van der Waals surface area contributed by atoms with Crippen LogP contribution in [0.2, 0.25) is 0 Å². The maximum Gasteiger partial charge on any atom is 0.147 e. The smallest absolute Gasteiger partial charge is 0.147 e. The summed E-state index contributed by atoms with van der Waals surface area (Å²) in [7, 11) is 0. The Labute approximate surface area is 115 Å². The van der Waals surface area contributed by atoms with Crippen LogP contribution < -0.4 is 11.1 Å². The van der Waals surface area contributed by atoms with E-state index in [1.54, 1.807) is 23.5 Å². The fourth-order valence-electron chi connectivity index (χ4n) is 1.62. The first-order chi connectivity index (χ1) is 8.58. The molecule has 0 amide bonds. The Balaban J connectivity index is 2.17. The topological polar surface area (TPSA) is 38.0 Å². The van der Waals surface area contributed by atoms with Crippen molar-refractivity contribution in [2.24, 2.45) is 5.73 Å². The highest BCUT2D eigenvalue weighted by Crippen LogP contribution is 2.23. The molecule has 1 unspecified atom stereocenters. The summed E-state index contributed by atoms with van der Waals surface area (Å²) in [6, 6.07) is 6.80. The molecule has 0 spiro atoms. The van der Waals surface area contributed by atoms with E-state index in [9.17, 15) is 4.39 Å². The van der Waals surface area contributed by atoms with Crippen LogP contribution in [0.25, 0.3) is 0 Å². The summed E-state index contributed by atoms with van der Waals surface area (Å²) in [5, 5.41) is 7.17. The Morgan fingerprint density at radius 1 is 1.44 bits per heavy atom. The van der Waals surface area contributed by atoms with E-state index in [1.807, 2.05) is 23.8 Å². The Bertz CT molecular complexity index is 552. The van der Waals surface area contributed by atoms with Crippen LogP contribution >= 0.6 is 23.6 Å². The van der Waals surface area contributed by atoms with E-state index in [4.69, 9.17) is 18.0 Å². The highest BCUT2D eigenvalue weighted by Gasteiger charge is 2.10. The predicted molar refractivity (Wildman–Crippen MR) is 78.6 cm³/mol. The van der Waals surface area contributed by atoms with Gasteiger partial charge in [0, 0.05) is 11.6 Å². The molecular formula is C13H13FN2S2. The van der Waals surface area contributed by atoms with Crippen molar-refractivity contribution < 1.29 is 4.39 Å². The second-order valence-corrected chi connectivity index (χ2v) is 5.20. The molecule has 2 nitrogen and oxygen atoms in total. The van der Waals surface area contributed by atoms with Gasteiger partial charge in [-0.3, -0.25) is 0 Å². The number of nitrogens with one attached hydrogen (secondary N) is 1. The van der Waals surface area contributed by atoms with Crippen molar-refractivity contribution in [2.75, 3.05) is 5.32 Å². The SMILES string of the molecule is CC(Nc1ccc(C(N)=S)cc1F)c1ccsc1. The van der Waals surface area contributed by atoms with Gasteiger partial charge in [-0.25, -0.2) is 4.39 Å². The molecule has 0 aliphatic heterocycles. The second-order valence-electron chi connectivity index (χ2n) is 3.98. The van der Waals surface area contributed by atoms with E-state index in [-0.39, 0.29) is 16.8 Å². The molecule has 0 fully saturated rings. The highest BCUT2D eigenvalue weighted by molar-refractivity contribution is 7.80. The standard InChI is InChI=1S/C13H13FN2S2/c1-8(10-4-5-18-7-10)16-12-3-2-9(13(15)17)6-11(12)14/h2-8,16H,1H3,(H2,15,17). The summed E-state index contributed by atoms with van der Waals surface area (Å²) in [6.45, 7) is 1.99. The molecule has 1 heterocycles. The van der Waals surface area contributed by atoms with Gasteiger partial charge in [-0.05, 0) is 47.5 Å². The van der Waals surface area contributed by atoms with Gasteiger partial charge < -0.3 is 11.1 Å². The van der Waals surface area contributed by atoms with Gasteiger partial charge in [-0.2, -0.15) is 11.3 Å².